The zero-order valence-electron chi connectivity index (χ0n) is 14.6. The van der Waals surface area contributed by atoms with Gasteiger partial charge in [-0.25, -0.2) is 4.79 Å². The Morgan fingerprint density at radius 3 is 2.65 bits per heavy atom. The van der Waals surface area contributed by atoms with Gasteiger partial charge in [0, 0.05) is 32.7 Å². The molecule has 0 bridgehead atoms. The molecule has 126 valence electrons. The van der Waals surface area contributed by atoms with E-state index in [-0.39, 0.29) is 12.0 Å². The number of anilines is 2. The topological polar surface area (TPSA) is 49.9 Å². The lowest BCUT2D eigenvalue weighted by Crippen LogP contribution is -2.40. The highest BCUT2D eigenvalue weighted by molar-refractivity contribution is 5.90. The maximum atomic E-state index is 12.5. The Kier molecular flexibility index (Phi) is 4.97. The first-order valence-electron chi connectivity index (χ1n) is 7.98. The molecule has 1 amide bonds. The molecule has 0 radical (unpaired) electrons. The maximum Gasteiger partial charge on any atom is 0.414 e. The van der Waals surface area contributed by atoms with Crippen LogP contribution in [0.2, 0.25) is 0 Å². The highest BCUT2D eigenvalue weighted by atomic mass is 16.6. The maximum absolute atomic E-state index is 12.5. The number of hydrogen-bond donors (Lipinski definition) is 0. The third kappa shape index (κ3) is 4.03. The second-order valence-corrected chi connectivity index (χ2v) is 7.16. The molecule has 0 saturated carbocycles. The van der Waals surface area contributed by atoms with Crippen molar-refractivity contribution in [2.45, 2.75) is 45.1 Å². The fourth-order valence-electron chi connectivity index (χ4n) is 2.82. The number of amides is 1. The molecule has 1 aliphatic heterocycles. The van der Waals surface area contributed by atoms with Gasteiger partial charge in [-0.15, -0.1) is 0 Å². The molecule has 0 aliphatic carbocycles. The summed E-state index contributed by atoms with van der Waals surface area (Å²) in [5.41, 5.74) is 2.38. The van der Waals surface area contributed by atoms with E-state index in [0.717, 1.165) is 29.6 Å². The molecule has 0 fully saturated rings. The molecule has 1 heterocycles. The van der Waals surface area contributed by atoms with Crippen molar-refractivity contribution in [1.29, 1.82) is 0 Å². The lowest BCUT2D eigenvalue weighted by atomic mass is 9.87. The van der Waals surface area contributed by atoms with E-state index in [1.807, 2.05) is 58.0 Å². The lowest BCUT2D eigenvalue weighted by Gasteiger charge is -2.35. The average molecular weight is 318 g/mol. The molecule has 0 N–H and O–H groups in total. The zero-order valence-corrected chi connectivity index (χ0v) is 14.6. The summed E-state index contributed by atoms with van der Waals surface area (Å²) < 4.78 is 5.53. The van der Waals surface area contributed by atoms with Gasteiger partial charge in [-0.05, 0) is 50.8 Å². The van der Waals surface area contributed by atoms with Crippen LogP contribution in [-0.2, 0) is 9.53 Å². The molecular formula is C18H26N2O3. The first-order chi connectivity index (χ1) is 10.7. The molecule has 23 heavy (non-hydrogen) atoms. The Hall–Kier alpha value is -2.04. The summed E-state index contributed by atoms with van der Waals surface area (Å²) in [5, 5.41) is 0. The van der Waals surface area contributed by atoms with Crippen molar-refractivity contribution >= 4 is 23.8 Å². The van der Waals surface area contributed by atoms with E-state index in [4.69, 9.17) is 4.74 Å². The molecule has 0 saturated heterocycles. The van der Waals surface area contributed by atoms with Crippen molar-refractivity contribution in [1.82, 2.24) is 0 Å². The smallest absolute Gasteiger partial charge is 0.414 e. The minimum atomic E-state index is -0.532. The predicted octanol–water partition coefficient (Wildman–Crippen LogP) is 3.57. The Morgan fingerprint density at radius 1 is 1.39 bits per heavy atom. The van der Waals surface area contributed by atoms with Gasteiger partial charge in [0.25, 0.3) is 0 Å². The minimum absolute atomic E-state index is 0.164. The van der Waals surface area contributed by atoms with Crippen molar-refractivity contribution < 1.29 is 14.3 Å². The van der Waals surface area contributed by atoms with E-state index in [9.17, 15) is 9.59 Å². The Labute approximate surface area is 138 Å². The molecule has 5 heteroatoms. The quantitative estimate of drug-likeness (QED) is 0.800. The van der Waals surface area contributed by atoms with Gasteiger partial charge >= 0.3 is 6.09 Å². The molecule has 5 nitrogen and oxygen atoms in total. The van der Waals surface area contributed by atoms with E-state index < -0.39 is 5.60 Å². The number of benzene rings is 1. The van der Waals surface area contributed by atoms with Crippen LogP contribution in [0.5, 0.6) is 0 Å². The molecule has 2 rings (SSSR count). The van der Waals surface area contributed by atoms with Crippen molar-refractivity contribution in [2.24, 2.45) is 0 Å². The molecule has 1 atom stereocenters. The number of rotatable bonds is 3. The summed E-state index contributed by atoms with van der Waals surface area (Å²) >= 11 is 0. The first kappa shape index (κ1) is 17.3. The van der Waals surface area contributed by atoms with Crippen LogP contribution in [0.15, 0.2) is 18.2 Å². The van der Waals surface area contributed by atoms with Gasteiger partial charge in [0.05, 0.1) is 5.69 Å². The number of carbonyl (C=O) groups excluding carboxylic acids is 2. The van der Waals surface area contributed by atoms with Gasteiger partial charge in [-0.2, -0.15) is 0 Å². The van der Waals surface area contributed by atoms with Gasteiger partial charge in [0.15, 0.2) is 0 Å². The molecular weight excluding hydrogens is 292 g/mol. The Morgan fingerprint density at radius 2 is 2.09 bits per heavy atom. The lowest BCUT2D eigenvalue weighted by molar-refractivity contribution is -0.108. The number of hydrogen-bond acceptors (Lipinski definition) is 4. The highest BCUT2D eigenvalue weighted by Gasteiger charge is 2.31. The second-order valence-electron chi connectivity index (χ2n) is 7.16. The van der Waals surface area contributed by atoms with E-state index in [0.29, 0.717) is 13.0 Å². The number of aldehydes is 1. The van der Waals surface area contributed by atoms with Gasteiger partial charge in [0.2, 0.25) is 0 Å². The summed E-state index contributed by atoms with van der Waals surface area (Å²) in [6.45, 7) is 6.15. The second kappa shape index (κ2) is 6.60. The minimum Gasteiger partial charge on any atom is -0.443 e. The van der Waals surface area contributed by atoms with Crippen molar-refractivity contribution in [3.8, 4) is 0 Å². The van der Waals surface area contributed by atoms with Gasteiger partial charge < -0.3 is 14.4 Å². The largest absolute Gasteiger partial charge is 0.443 e. The Balaban J connectivity index is 2.40. The predicted molar refractivity (Wildman–Crippen MR) is 92.4 cm³/mol. The van der Waals surface area contributed by atoms with Gasteiger partial charge in [0.1, 0.15) is 11.9 Å². The Bertz CT molecular complexity index is 590. The normalized spacial score (nSPS) is 17.4. The standard InChI is InChI=1S/C18H26N2O3/c1-18(2,3)23-17(22)20-10-8-13(9-11-21)15-7-6-14(19(4)5)12-16(15)20/h6-7,11-13H,8-10H2,1-5H3/t13-/m1/s1. The summed E-state index contributed by atoms with van der Waals surface area (Å²) in [6, 6.07) is 6.04. The highest BCUT2D eigenvalue weighted by Crippen LogP contribution is 2.39. The van der Waals surface area contributed by atoms with Crippen LogP contribution in [0, 0.1) is 0 Å². The summed E-state index contributed by atoms with van der Waals surface area (Å²) in [6.07, 6.45) is 1.87. The number of fused-ring (bicyclic) bond motifs is 1. The zero-order chi connectivity index (χ0) is 17.2. The van der Waals surface area contributed by atoms with E-state index in [1.165, 1.54) is 0 Å². The third-order valence-electron chi connectivity index (χ3n) is 3.96. The van der Waals surface area contributed by atoms with Crippen LogP contribution in [-0.4, -0.2) is 38.6 Å². The van der Waals surface area contributed by atoms with Crippen molar-refractivity contribution in [3.63, 3.8) is 0 Å². The SMILES string of the molecule is CN(C)c1ccc2c(c1)N(C(=O)OC(C)(C)C)CC[C@@H]2CC=O. The van der Waals surface area contributed by atoms with Crippen LogP contribution in [0.3, 0.4) is 0 Å². The average Bonchev–Trinajstić information content (AvgIpc) is 2.45. The monoisotopic (exact) mass is 318 g/mol. The van der Waals surface area contributed by atoms with Gasteiger partial charge in [-0.1, -0.05) is 6.07 Å². The van der Waals surface area contributed by atoms with E-state index in [1.54, 1.807) is 4.90 Å². The number of nitrogens with zero attached hydrogens (tertiary/aromatic N) is 2. The summed E-state index contributed by atoms with van der Waals surface area (Å²) in [4.78, 5) is 27.2. The molecule has 1 aromatic rings. The van der Waals surface area contributed by atoms with Gasteiger partial charge in [-0.3, -0.25) is 4.90 Å². The number of carbonyl (C=O) groups is 2. The van der Waals surface area contributed by atoms with E-state index in [2.05, 4.69) is 0 Å². The van der Waals surface area contributed by atoms with Crippen LogP contribution >= 0.6 is 0 Å². The van der Waals surface area contributed by atoms with Crippen molar-refractivity contribution in [3.05, 3.63) is 23.8 Å². The first-order valence-corrected chi connectivity index (χ1v) is 7.98. The van der Waals surface area contributed by atoms with Crippen LogP contribution in [0.25, 0.3) is 0 Å². The van der Waals surface area contributed by atoms with E-state index >= 15 is 0 Å². The molecule has 0 unspecified atom stereocenters. The summed E-state index contributed by atoms with van der Waals surface area (Å²) in [5.74, 6) is 0.164. The molecule has 0 spiro atoms. The number of ether oxygens (including phenoxy) is 1. The third-order valence-corrected chi connectivity index (χ3v) is 3.96. The fraction of sp³-hybridized carbons (Fsp3) is 0.556. The van der Waals surface area contributed by atoms with Crippen LogP contribution < -0.4 is 9.80 Å². The van der Waals surface area contributed by atoms with Crippen LogP contribution in [0.1, 0.15) is 45.1 Å². The van der Waals surface area contributed by atoms with Crippen molar-refractivity contribution in [2.75, 3.05) is 30.4 Å². The molecule has 1 aliphatic rings. The molecule has 0 aromatic heterocycles. The molecule has 1 aromatic carbocycles. The summed E-state index contributed by atoms with van der Waals surface area (Å²) in [7, 11) is 3.93. The fourth-order valence-corrected chi connectivity index (χ4v) is 2.82. The van der Waals surface area contributed by atoms with Crippen LogP contribution in [0.4, 0.5) is 16.2 Å².